The summed E-state index contributed by atoms with van der Waals surface area (Å²) in [4.78, 5) is 12.5. The molecule has 0 bridgehead atoms. The Morgan fingerprint density at radius 1 is 0.912 bits per heavy atom. The van der Waals surface area contributed by atoms with E-state index in [1.165, 1.54) is 4.31 Å². The number of amides is 1. The van der Waals surface area contributed by atoms with Gasteiger partial charge >= 0.3 is 6.18 Å². The van der Waals surface area contributed by atoms with Crippen molar-refractivity contribution in [2.75, 3.05) is 19.7 Å². The molecule has 3 rings (SSSR count). The molecule has 10 heteroatoms. The molecule has 1 fully saturated rings. The van der Waals surface area contributed by atoms with Crippen LogP contribution in [0.25, 0.3) is 0 Å². The quantitative estimate of drug-likeness (QED) is 0.533. The van der Waals surface area contributed by atoms with Crippen molar-refractivity contribution in [3.63, 3.8) is 0 Å². The highest BCUT2D eigenvalue weighted by Crippen LogP contribution is 2.21. The van der Waals surface area contributed by atoms with Gasteiger partial charge in [-0.05, 0) is 48.1 Å². The van der Waals surface area contributed by atoms with E-state index in [1.807, 2.05) is 0 Å². The predicted molar refractivity (Wildman–Crippen MR) is 121 cm³/mol. The number of sulfonamides is 1. The molecule has 6 nitrogen and oxygen atoms in total. The summed E-state index contributed by atoms with van der Waals surface area (Å²) in [5.41, 5.74) is 2.31. The van der Waals surface area contributed by atoms with Crippen LogP contribution < -0.4 is 5.32 Å². The van der Waals surface area contributed by atoms with Crippen LogP contribution in [-0.4, -0.2) is 44.5 Å². The highest BCUT2D eigenvalue weighted by atomic mass is 32.2. The van der Waals surface area contributed by atoms with Gasteiger partial charge in [0.15, 0.2) is 0 Å². The Morgan fingerprint density at radius 2 is 1.50 bits per heavy atom. The first-order chi connectivity index (χ1) is 16.1. The molecule has 1 saturated heterocycles. The van der Waals surface area contributed by atoms with E-state index in [1.54, 1.807) is 48.5 Å². The van der Waals surface area contributed by atoms with Crippen molar-refractivity contribution in [3.05, 3.63) is 65.2 Å². The van der Waals surface area contributed by atoms with Crippen LogP contribution in [0.15, 0.2) is 53.4 Å². The average Bonchev–Trinajstić information content (AvgIpc) is 2.82. The van der Waals surface area contributed by atoms with Crippen molar-refractivity contribution in [3.8, 4) is 0 Å². The molecule has 186 valence electrons. The van der Waals surface area contributed by atoms with E-state index in [-0.39, 0.29) is 23.8 Å². The number of carbonyl (C=O) groups is 1. The van der Waals surface area contributed by atoms with Gasteiger partial charge in [0, 0.05) is 26.1 Å². The van der Waals surface area contributed by atoms with Gasteiger partial charge in [0.25, 0.3) is 0 Å². The first-order valence-corrected chi connectivity index (χ1v) is 12.7. The summed E-state index contributed by atoms with van der Waals surface area (Å²) < 4.78 is 67.9. The van der Waals surface area contributed by atoms with Crippen LogP contribution in [0.4, 0.5) is 13.2 Å². The number of benzene rings is 2. The zero-order valence-corrected chi connectivity index (χ0v) is 19.6. The number of carbonyl (C=O) groups excluding carboxylic acids is 1. The van der Waals surface area contributed by atoms with Crippen molar-refractivity contribution < 1.29 is 31.1 Å². The minimum atomic E-state index is -4.35. The van der Waals surface area contributed by atoms with Crippen molar-refractivity contribution >= 4 is 15.9 Å². The molecule has 34 heavy (non-hydrogen) atoms. The maximum absolute atomic E-state index is 12.7. The van der Waals surface area contributed by atoms with Crippen molar-refractivity contribution in [1.82, 2.24) is 9.62 Å². The van der Waals surface area contributed by atoms with Gasteiger partial charge in [-0.2, -0.15) is 17.5 Å². The summed E-state index contributed by atoms with van der Waals surface area (Å²) in [6, 6.07) is 13.5. The van der Waals surface area contributed by atoms with E-state index < -0.39 is 22.8 Å². The maximum atomic E-state index is 12.7. The molecule has 0 radical (unpaired) electrons. The van der Waals surface area contributed by atoms with Crippen LogP contribution in [0.5, 0.6) is 0 Å². The summed E-state index contributed by atoms with van der Waals surface area (Å²) in [5, 5.41) is 2.81. The molecule has 1 heterocycles. The monoisotopic (exact) mass is 498 g/mol. The number of halogens is 3. The lowest BCUT2D eigenvalue weighted by Crippen LogP contribution is -2.35. The number of aryl methyl sites for hydroxylation is 1. The van der Waals surface area contributed by atoms with Gasteiger partial charge in [-0.25, -0.2) is 8.42 Å². The van der Waals surface area contributed by atoms with Crippen LogP contribution in [0, 0.1) is 0 Å². The predicted octanol–water partition coefficient (Wildman–Crippen LogP) is 4.19. The number of ether oxygens (including phenoxy) is 1. The standard InChI is InChI=1S/C24H29F3N2O4S/c25-24(26,27)18-33-17-21-6-4-20(5-7-21)16-28-23(30)13-10-19-8-11-22(12-9-19)34(31,32)29-14-2-1-3-15-29/h4-9,11-12H,1-3,10,13-18H2,(H,28,30). The van der Waals surface area contributed by atoms with Gasteiger partial charge < -0.3 is 10.1 Å². The molecule has 0 aromatic heterocycles. The Kier molecular flexibility index (Phi) is 9.10. The number of nitrogens with one attached hydrogen (secondary N) is 1. The molecule has 2 aromatic rings. The van der Waals surface area contributed by atoms with E-state index >= 15 is 0 Å². The largest absolute Gasteiger partial charge is 0.411 e. The molecule has 2 aromatic carbocycles. The summed E-state index contributed by atoms with van der Waals surface area (Å²) in [6.07, 6.45) is -0.803. The van der Waals surface area contributed by atoms with Crippen molar-refractivity contribution in [2.24, 2.45) is 0 Å². The molecule has 1 aliphatic rings. The van der Waals surface area contributed by atoms with Crippen LogP contribution in [0.3, 0.4) is 0 Å². The molecule has 1 N–H and O–H groups in total. The van der Waals surface area contributed by atoms with Gasteiger partial charge in [-0.15, -0.1) is 0 Å². The summed E-state index contributed by atoms with van der Waals surface area (Å²) >= 11 is 0. The van der Waals surface area contributed by atoms with Gasteiger partial charge in [-0.1, -0.05) is 42.8 Å². The average molecular weight is 499 g/mol. The molecular formula is C24H29F3N2O4S. The van der Waals surface area contributed by atoms with Crippen LogP contribution in [0.1, 0.15) is 42.4 Å². The molecule has 0 spiro atoms. The number of alkyl halides is 3. The maximum Gasteiger partial charge on any atom is 0.411 e. The second-order valence-corrected chi connectivity index (χ2v) is 10.2. The zero-order chi connectivity index (χ0) is 24.6. The molecule has 0 atom stereocenters. The normalized spacial score (nSPS) is 15.3. The van der Waals surface area contributed by atoms with E-state index in [0.717, 1.165) is 30.4 Å². The number of hydrogen-bond acceptors (Lipinski definition) is 4. The first-order valence-electron chi connectivity index (χ1n) is 11.2. The molecule has 1 amide bonds. The van der Waals surface area contributed by atoms with Crippen molar-refractivity contribution in [1.29, 1.82) is 0 Å². The molecule has 1 aliphatic heterocycles. The van der Waals surface area contributed by atoms with Crippen molar-refractivity contribution in [2.45, 2.75) is 56.3 Å². The second kappa shape index (κ2) is 11.8. The fourth-order valence-corrected chi connectivity index (χ4v) is 5.18. The number of piperidine rings is 1. The lowest BCUT2D eigenvalue weighted by Gasteiger charge is -2.25. The highest BCUT2D eigenvalue weighted by Gasteiger charge is 2.27. The van der Waals surface area contributed by atoms with Gasteiger partial charge in [0.05, 0.1) is 11.5 Å². The van der Waals surface area contributed by atoms with Gasteiger partial charge in [-0.3, -0.25) is 4.79 Å². The summed E-state index contributed by atoms with van der Waals surface area (Å²) in [5.74, 6) is -0.150. The van der Waals surface area contributed by atoms with Gasteiger partial charge in [0.2, 0.25) is 15.9 Å². The smallest absolute Gasteiger partial charge is 0.367 e. The topological polar surface area (TPSA) is 75.7 Å². The van der Waals surface area contributed by atoms with Crippen LogP contribution in [0.2, 0.25) is 0 Å². The Labute approximate surface area is 198 Å². The Bertz CT molecular complexity index is 1030. The highest BCUT2D eigenvalue weighted by molar-refractivity contribution is 7.89. The summed E-state index contributed by atoms with van der Waals surface area (Å²) in [7, 11) is -3.47. The number of rotatable bonds is 10. The van der Waals surface area contributed by atoms with Gasteiger partial charge in [0.1, 0.15) is 6.61 Å². The third kappa shape index (κ3) is 8.11. The Morgan fingerprint density at radius 3 is 2.12 bits per heavy atom. The van der Waals surface area contributed by atoms with Crippen LogP contribution >= 0.6 is 0 Å². The minimum Gasteiger partial charge on any atom is -0.367 e. The SMILES string of the molecule is O=C(CCc1ccc(S(=O)(=O)N2CCCCC2)cc1)NCc1ccc(COCC(F)(F)F)cc1. The molecule has 0 unspecified atom stereocenters. The van der Waals surface area contributed by atoms with E-state index in [2.05, 4.69) is 10.1 Å². The van der Waals surface area contributed by atoms with Crippen LogP contribution in [-0.2, 0) is 39.1 Å². The first kappa shape index (κ1) is 26.2. The fourth-order valence-electron chi connectivity index (χ4n) is 3.67. The zero-order valence-electron chi connectivity index (χ0n) is 18.8. The third-order valence-corrected chi connectivity index (χ3v) is 7.48. The minimum absolute atomic E-state index is 0.135. The van der Waals surface area contributed by atoms with E-state index in [9.17, 15) is 26.4 Å². The lowest BCUT2D eigenvalue weighted by molar-refractivity contribution is -0.176. The molecular weight excluding hydrogens is 469 g/mol. The number of nitrogens with zero attached hydrogens (tertiary/aromatic N) is 1. The van der Waals surface area contributed by atoms with E-state index in [0.29, 0.717) is 31.6 Å². The Balaban J connectivity index is 1.41. The lowest BCUT2D eigenvalue weighted by atomic mass is 10.1. The second-order valence-electron chi connectivity index (χ2n) is 8.31. The Hall–Kier alpha value is -2.43. The van der Waals surface area contributed by atoms with E-state index in [4.69, 9.17) is 0 Å². The number of hydrogen-bond donors (Lipinski definition) is 1. The summed E-state index contributed by atoms with van der Waals surface area (Å²) in [6.45, 7) is -0.0146. The molecule has 0 aliphatic carbocycles. The third-order valence-electron chi connectivity index (χ3n) is 5.56. The molecule has 0 saturated carbocycles. The fraction of sp³-hybridized carbons (Fsp3) is 0.458.